The second kappa shape index (κ2) is 12.1. The number of hydrogen-bond acceptors (Lipinski definition) is 6. The fraction of sp³-hybridized carbons (Fsp3) is 0.280. The molecule has 0 saturated heterocycles. The van der Waals surface area contributed by atoms with E-state index < -0.39 is 11.2 Å². The van der Waals surface area contributed by atoms with Gasteiger partial charge in [0.05, 0.1) is 18.1 Å². The first-order valence-corrected chi connectivity index (χ1v) is 12.4. The summed E-state index contributed by atoms with van der Waals surface area (Å²) >= 11 is 1.14. The zero-order chi connectivity index (χ0) is 25.4. The van der Waals surface area contributed by atoms with Gasteiger partial charge in [-0.1, -0.05) is 55.0 Å². The number of nitrogens with one attached hydrogen (secondary N) is 2. The molecule has 4 N–H and O–H groups in total. The van der Waals surface area contributed by atoms with Crippen LogP contribution in [0.3, 0.4) is 0 Å². The van der Waals surface area contributed by atoms with Crippen molar-refractivity contribution in [2.24, 2.45) is 0 Å². The number of aromatic nitrogens is 2. The molecule has 0 atom stereocenters. The van der Waals surface area contributed by atoms with E-state index >= 15 is 0 Å². The predicted octanol–water partition coefficient (Wildman–Crippen LogP) is 2.59. The third kappa shape index (κ3) is 6.86. The van der Waals surface area contributed by atoms with Crippen LogP contribution in [0, 0.1) is 6.92 Å². The highest BCUT2D eigenvalue weighted by atomic mass is 32.2. The molecule has 0 aliphatic rings. The molecule has 0 saturated carbocycles. The Morgan fingerprint density at radius 2 is 1.74 bits per heavy atom. The molecule has 2 aromatic carbocycles. The van der Waals surface area contributed by atoms with Crippen molar-refractivity contribution in [3.63, 3.8) is 0 Å². The second-order valence-electron chi connectivity index (χ2n) is 8.02. The van der Waals surface area contributed by atoms with Crippen LogP contribution >= 0.6 is 11.8 Å². The summed E-state index contributed by atoms with van der Waals surface area (Å²) < 4.78 is 1.24. The summed E-state index contributed by atoms with van der Waals surface area (Å²) in [5.41, 5.74) is 7.42. The minimum absolute atomic E-state index is 0.0298. The lowest BCUT2D eigenvalue weighted by Crippen LogP contribution is -2.42. The number of thioether (sulfide) groups is 1. The van der Waals surface area contributed by atoms with Gasteiger partial charge in [0.15, 0.2) is 5.69 Å². The highest BCUT2D eigenvalue weighted by Gasteiger charge is 2.24. The van der Waals surface area contributed by atoms with Gasteiger partial charge in [0.25, 0.3) is 5.56 Å². The molecule has 0 radical (unpaired) electrons. The summed E-state index contributed by atoms with van der Waals surface area (Å²) in [5.74, 6) is -0.646. The number of carbonyl (C=O) groups is 2. The van der Waals surface area contributed by atoms with Crippen LogP contribution < -0.4 is 27.2 Å². The quantitative estimate of drug-likeness (QED) is 0.396. The Bertz CT molecular complexity index is 1290. The van der Waals surface area contributed by atoms with Crippen molar-refractivity contribution in [1.29, 1.82) is 0 Å². The van der Waals surface area contributed by atoms with E-state index in [2.05, 4.69) is 10.3 Å². The summed E-state index contributed by atoms with van der Waals surface area (Å²) in [6.45, 7) is 4.22. The predicted molar refractivity (Wildman–Crippen MR) is 141 cm³/mol. The molecule has 0 spiro atoms. The second-order valence-corrected chi connectivity index (χ2v) is 9.00. The number of amides is 2. The van der Waals surface area contributed by atoms with E-state index in [4.69, 9.17) is 5.73 Å². The summed E-state index contributed by atoms with van der Waals surface area (Å²) in [4.78, 5) is 54.0. The minimum atomic E-state index is -0.722. The van der Waals surface area contributed by atoms with Crippen LogP contribution in [0.4, 0.5) is 17.2 Å². The number of aryl methyl sites for hydroxylation is 1. The molecule has 3 rings (SSSR count). The topological polar surface area (TPSA) is 130 Å². The van der Waals surface area contributed by atoms with Crippen molar-refractivity contribution < 1.29 is 9.59 Å². The van der Waals surface area contributed by atoms with Crippen LogP contribution in [-0.4, -0.2) is 39.4 Å². The van der Waals surface area contributed by atoms with E-state index in [9.17, 15) is 19.2 Å². The van der Waals surface area contributed by atoms with Crippen LogP contribution in [0.5, 0.6) is 0 Å². The monoisotopic (exact) mass is 495 g/mol. The Morgan fingerprint density at radius 1 is 1.06 bits per heavy atom. The number of aromatic amines is 1. The lowest BCUT2D eigenvalue weighted by atomic mass is 10.2. The van der Waals surface area contributed by atoms with Crippen molar-refractivity contribution in [3.8, 4) is 0 Å². The third-order valence-corrected chi connectivity index (χ3v) is 6.13. The van der Waals surface area contributed by atoms with Gasteiger partial charge >= 0.3 is 5.69 Å². The van der Waals surface area contributed by atoms with E-state index in [1.807, 2.05) is 68.4 Å². The highest BCUT2D eigenvalue weighted by molar-refractivity contribution is 8.00. The standard InChI is InChI=1S/C25H29N5O4S/c1-3-13-29(21(32)16-35-15-20(31)27-19-11-9-17(2)10-12-19)22-23(26)30(25(34)28-24(22)33)14-18-7-5-4-6-8-18/h4-12H,3,13-16,26H2,1-2H3,(H,27,31)(H,28,33,34). The Morgan fingerprint density at radius 3 is 2.40 bits per heavy atom. The summed E-state index contributed by atoms with van der Waals surface area (Å²) in [6, 6.07) is 16.6. The van der Waals surface area contributed by atoms with Gasteiger partial charge in [-0.2, -0.15) is 0 Å². The van der Waals surface area contributed by atoms with Crippen LogP contribution in [0.25, 0.3) is 0 Å². The number of H-pyrrole nitrogens is 1. The summed E-state index contributed by atoms with van der Waals surface area (Å²) in [7, 11) is 0. The molecule has 0 bridgehead atoms. The number of benzene rings is 2. The Balaban J connectivity index is 1.73. The van der Waals surface area contributed by atoms with Crippen LogP contribution in [0.2, 0.25) is 0 Å². The maximum absolute atomic E-state index is 13.0. The van der Waals surface area contributed by atoms with Crippen molar-refractivity contribution in [2.45, 2.75) is 26.8 Å². The van der Waals surface area contributed by atoms with E-state index in [1.165, 1.54) is 9.47 Å². The highest BCUT2D eigenvalue weighted by Crippen LogP contribution is 2.20. The molecule has 184 valence electrons. The van der Waals surface area contributed by atoms with E-state index in [-0.39, 0.29) is 47.9 Å². The molecule has 0 unspecified atom stereocenters. The number of nitrogen functional groups attached to an aromatic ring is 1. The normalized spacial score (nSPS) is 10.7. The number of hydrogen-bond donors (Lipinski definition) is 3. The van der Waals surface area contributed by atoms with Crippen LogP contribution in [-0.2, 0) is 16.1 Å². The average molecular weight is 496 g/mol. The lowest BCUT2D eigenvalue weighted by molar-refractivity contribution is -0.116. The van der Waals surface area contributed by atoms with Gasteiger partial charge in [0.1, 0.15) is 5.82 Å². The average Bonchev–Trinajstić information content (AvgIpc) is 2.83. The first kappa shape index (κ1) is 25.8. The van der Waals surface area contributed by atoms with Crippen molar-refractivity contribution in [3.05, 3.63) is 86.6 Å². The molecule has 10 heteroatoms. The van der Waals surface area contributed by atoms with Gasteiger partial charge in [-0.05, 0) is 31.0 Å². The van der Waals surface area contributed by atoms with Gasteiger partial charge in [-0.15, -0.1) is 11.8 Å². The van der Waals surface area contributed by atoms with E-state index in [0.29, 0.717) is 12.1 Å². The molecule has 9 nitrogen and oxygen atoms in total. The molecule has 0 aliphatic carbocycles. The Labute approximate surface area is 207 Å². The fourth-order valence-corrected chi connectivity index (χ4v) is 4.18. The molecular formula is C25H29N5O4S. The number of nitrogens with zero attached hydrogens (tertiary/aromatic N) is 2. The van der Waals surface area contributed by atoms with Gasteiger partial charge in [-0.3, -0.25) is 23.9 Å². The number of nitrogens with two attached hydrogens (primary N) is 1. The first-order valence-electron chi connectivity index (χ1n) is 11.2. The minimum Gasteiger partial charge on any atom is -0.383 e. The molecule has 0 fully saturated rings. The van der Waals surface area contributed by atoms with Gasteiger partial charge in [-0.25, -0.2) is 4.79 Å². The maximum Gasteiger partial charge on any atom is 0.330 e. The number of anilines is 3. The van der Waals surface area contributed by atoms with Crippen molar-refractivity contribution in [2.75, 3.05) is 34.0 Å². The molecule has 35 heavy (non-hydrogen) atoms. The van der Waals surface area contributed by atoms with Crippen molar-refractivity contribution in [1.82, 2.24) is 9.55 Å². The smallest absolute Gasteiger partial charge is 0.330 e. The third-order valence-electron chi connectivity index (χ3n) is 5.21. The molecule has 1 heterocycles. The van der Waals surface area contributed by atoms with Crippen LogP contribution in [0.15, 0.2) is 64.2 Å². The van der Waals surface area contributed by atoms with Gasteiger partial charge in [0, 0.05) is 12.2 Å². The molecule has 1 aromatic heterocycles. The molecule has 0 aliphatic heterocycles. The zero-order valence-corrected chi connectivity index (χ0v) is 20.6. The number of rotatable bonds is 10. The van der Waals surface area contributed by atoms with Crippen molar-refractivity contribution >= 4 is 40.8 Å². The zero-order valence-electron chi connectivity index (χ0n) is 19.7. The SMILES string of the molecule is CCCN(C(=O)CSCC(=O)Nc1ccc(C)cc1)c1c(N)n(Cc2ccccc2)c(=O)[nH]c1=O. The molecule has 3 aromatic rings. The first-order chi connectivity index (χ1) is 16.8. The van der Waals surface area contributed by atoms with Gasteiger partial charge in [0.2, 0.25) is 11.8 Å². The number of carbonyl (C=O) groups excluding carboxylic acids is 2. The summed E-state index contributed by atoms with van der Waals surface area (Å²) in [5, 5.41) is 2.79. The van der Waals surface area contributed by atoms with Gasteiger partial charge < -0.3 is 16.0 Å². The molecule has 2 amide bonds. The lowest BCUT2D eigenvalue weighted by Gasteiger charge is -2.24. The van der Waals surface area contributed by atoms with Crippen LogP contribution in [0.1, 0.15) is 24.5 Å². The fourth-order valence-electron chi connectivity index (χ4n) is 3.49. The Kier molecular flexibility index (Phi) is 8.91. The maximum atomic E-state index is 13.0. The largest absolute Gasteiger partial charge is 0.383 e. The summed E-state index contributed by atoms with van der Waals surface area (Å²) in [6.07, 6.45) is 0.570. The van der Waals surface area contributed by atoms with E-state index in [1.54, 1.807) is 0 Å². The van der Waals surface area contributed by atoms with E-state index in [0.717, 1.165) is 22.9 Å². The Hall–Kier alpha value is -3.79. The molecular weight excluding hydrogens is 466 g/mol.